The normalized spacial score (nSPS) is 31.3. The van der Waals surface area contributed by atoms with Gasteiger partial charge in [0.2, 0.25) is 11.8 Å². The molecule has 5 nitrogen and oxygen atoms in total. The third-order valence-corrected chi connectivity index (χ3v) is 4.30. The predicted molar refractivity (Wildman–Crippen MR) is 70.2 cm³/mol. The van der Waals surface area contributed by atoms with Crippen LogP contribution in [0.3, 0.4) is 0 Å². The Labute approximate surface area is 113 Å². The van der Waals surface area contributed by atoms with Gasteiger partial charge in [-0.15, -0.1) is 0 Å². The fraction of sp³-hybridized carbons (Fsp3) is 0.786. The Hall–Kier alpha value is -1.39. The van der Waals surface area contributed by atoms with Crippen molar-refractivity contribution in [3.63, 3.8) is 0 Å². The average Bonchev–Trinajstić information content (AvgIpc) is 2.33. The second kappa shape index (κ2) is 4.94. The van der Waals surface area contributed by atoms with Gasteiger partial charge in [0.15, 0.2) is 0 Å². The Kier molecular flexibility index (Phi) is 3.65. The molecule has 19 heavy (non-hydrogen) atoms. The van der Waals surface area contributed by atoms with E-state index < -0.39 is 17.4 Å². The Morgan fingerprint density at radius 3 is 2.58 bits per heavy atom. The fourth-order valence-corrected chi connectivity index (χ4v) is 3.00. The molecule has 2 aliphatic rings. The first-order valence-corrected chi connectivity index (χ1v) is 6.99. The lowest BCUT2D eigenvalue weighted by Gasteiger charge is -2.37. The van der Waals surface area contributed by atoms with E-state index in [0.717, 1.165) is 19.3 Å². The van der Waals surface area contributed by atoms with Crippen LogP contribution in [-0.2, 0) is 9.59 Å². The maximum Gasteiger partial charge on any atom is 0.330 e. The molecule has 2 unspecified atom stereocenters. The fourth-order valence-electron chi connectivity index (χ4n) is 3.00. The SMILES string of the molecule is CC1CCCC(CN2C(=O)NC(=O)C(C)(C)C2=O)C1. The standard InChI is InChI=1S/C14H22N2O3/c1-9-5-4-6-10(7-9)8-16-12(18)14(2,3)11(17)15-13(16)19/h9-10H,4-8H2,1-3H3,(H,15,17,19). The smallest absolute Gasteiger partial charge is 0.277 e. The minimum absolute atomic E-state index is 0.363. The molecule has 5 heteroatoms. The summed E-state index contributed by atoms with van der Waals surface area (Å²) in [6, 6.07) is -0.562. The van der Waals surface area contributed by atoms with Crippen LogP contribution in [-0.4, -0.2) is 29.3 Å². The summed E-state index contributed by atoms with van der Waals surface area (Å²) in [7, 11) is 0. The van der Waals surface area contributed by atoms with E-state index in [9.17, 15) is 14.4 Å². The minimum atomic E-state index is -1.14. The van der Waals surface area contributed by atoms with Gasteiger partial charge in [0, 0.05) is 6.54 Å². The van der Waals surface area contributed by atoms with Gasteiger partial charge in [-0.25, -0.2) is 4.79 Å². The number of carbonyl (C=O) groups excluding carboxylic acids is 3. The van der Waals surface area contributed by atoms with Crippen LogP contribution in [0.25, 0.3) is 0 Å². The number of hydrogen-bond acceptors (Lipinski definition) is 3. The molecule has 4 amide bonds. The summed E-state index contributed by atoms with van der Waals surface area (Å²) in [5.74, 6) is 0.133. The van der Waals surface area contributed by atoms with Gasteiger partial charge in [0.05, 0.1) is 0 Å². The lowest BCUT2D eigenvalue weighted by molar-refractivity contribution is -0.149. The molecule has 0 aromatic carbocycles. The Balaban J connectivity index is 2.08. The predicted octanol–water partition coefficient (Wildman–Crippen LogP) is 1.92. The number of carbonyl (C=O) groups is 3. The molecule has 2 atom stereocenters. The molecule has 1 heterocycles. The first-order chi connectivity index (χ1) is 8.82. The third-order valence-electron chi connectivity index (χ3n) is 4.30. The van der Waals surface area contributed by atoms with E-state index in [1.165, 1.54) is 11.3 Å². The summed E-state index contributed by atoms with van der Waals surface area (Å²) < 4.78 is 0. The molecule has 0 aromatic rings. The van der Waals surface area contributed by atoms with Crippen LogP contribution >= 0.6 is 0 Å². The first kappa shape index (κ1) is 14.0. The highest BCUT2D eigenvalue weighted by atomic mass is 16.2. The number of nitrogens with zero attached hydrogens (tertiary/aromatic N) is 1. The van der Waals surface area contributed by atoms with Crippen molar-refractivity contribution in [1.82, 2.24) is 10.2 Å². The highest BCUT2D eigenvalue weighted by Gasteiger charge is 2.47. The molecule has 1 aliphatic heterocycles. The quantitative estimate of drug-likeness (QED) is 0.776. The summed E-state index contributed by atoms with van der Waals surface area (Å²) in [5.41, 5.74) is -1.14. The van der Waals surface area contributed by atoms with Gasteiger partial charge in [0.1, 0.15) is 5.41 Å². The second-order valence-electron chi connectivity index (χ2n) is 6.44. The van der Waals surface area contributed by atoms with E-state index in [4.69, 9.17) is 0 Å². The summed E-state index contributed by atoms with van der Waals surface area (Å²) in [4.78, 5) is 37.0. The van der Waals surface area contributed by atoms with Crippen LogP contribution in [0.4, 0.5) is 4.79 Å². The van der Waals surface area contributed by atoms with Crippen LogP contribution in [0.1, 0.15) is 46.5 Å². The van der Waals surface area contributed by atoms with E-state index >= 15 is 0 Å². The maximum atomic E-state index is 12.3. The summed E-state index contributed by atoms with van der Waals surface area (Å²) in [6.07, 6.45) is 4.47. The van der Waals surface area contributed by atoms with Crippen LogP contribution in [0.15, 0.2) is 0 Å². The van der Waals surface area contributed by atoms with Gasteiger partial charge in [-0.3, -0.25) is 19.8 Å². The lowest BCUT2D eigenvalue weighted by Crippen LogP contribution is -2.62. The Bertz CT molecular complexity index is 417. The van der Waals surface area contributed by atoms with E-state index in [1.807, 2.05) is 0 Å². The second-order valence-corrected chi connectivity index (χ2v) is 6.44. The number of rotatable bonds is 2. The molecular formula is C14H22N2O3. The molecule has 1 aliphatic carbocycles. The molecule has 1 saturated heterocycles. The van der Waals surface area contributed by atoms with Gasteiger partial charge in [-0.2, -0.15) is 0 Å². The molecular weight excluding hydrogens is 244 g/mol. The van der Waals surface area contributed by atoms with E-state index in [-0.39, 0.29) is 5.91 Å². The number of amides is 4. The topological polar surface area (TPSA) is 66.5 Å². The van der Waals surface area contributed by atoms with Gasteiger partial charge >= 0.3 is 6.03 Å². The van der Waals surface area contributed by atoms with Crippen LogP contribution in [0.2, 0.25) is 0 Å². The van der Waals surface area contributed by atoms with Crippen molar-refractivity contribution >= 4 is 17.8 Å². The number of urea groups is 1. The summed E-state index contributed by atoms with van der Waals surface area (Å²) in [5, 5.41) is 2.28. The summed E-state index contributed by atoms with van der Waals surface area (Å²) in [6.45, 7) is 5.77. The van der Waals surface area contributed by atoms with E-state index in [1.54, 1.807) is 13.8 Å². The number of nitrogens with one attached hydrogen (secondary N) is 1. The van der Waals surface area contributed by atoms with Gasteiger partial charge in [-0.1, -0.05) is 19.8 Å². The van der Waals surface area contributed by atoms with E-state index in [2.05, 4.69) is 12.2 Å². The molecule has 106 valence electrons. The van der Waals surface area contributed by atoms with Crippen molar-refractivity contribution in [3.05, 3.63) is 0 Å². The molecule has 1 N–H and O–H groups in total. The summed E-state index contributed by atoms with van der Waals surface area (Å²) >= 11 is 0. The lowest BCUT2D eigenvalue weighted by atomic mass is 9.81. The van der Waals surface area contributed by atoms with Crippen LogP contribution in [0, 0.1) is 17.3 Å². The zero-order valence-corrected chi connectivity index (χ0v) is 11.9. The molecule has 2 fully saturated rings. The number of hydrogen-bond donors (Lipinski definition) is 1. The maximum absolute atomic E-state index is 12.3. The zero-order chi connectivity index (χ0) is 14.2. The van der Waals surface area contributed by atoms with Gasteiger partial charge in [0.25, 0.3) is 0 Å². The van der Waals surface area contributed by atoms with Crippen molar-refractivity contribution in [2.24, 2.45) is 17.3 Å². The minimum Gasteiger partial charge on any atom is -0.277 e. The van der Waals surface area contributed by atoms with E-state index in [0.29, 0.717) is 18.4 Å². The molecule has 2 rings (SSSR count). The van der Waals surface area contributed by atoms with Crippen LogP contribution in [0.5, 0.6) is 0 Å². The Morgan fingerprint density at radius 1 is 1.26 bits per heavy atom. The first-order valence-electron chi connectivity index (χ1n) is 6.99. The highest BCUT2D eigenvalue weighted by molar-refractivity contribution is 6.18. The van der Waals surface area contributed by atoms with Crippen molar-refractivity contribution in [2.45, 2.75) is 46.5 Å². The van der Waals surface area contributed by atoms with Gasteiger partial charge in [-0.05, 0) is 38.5 Å². The monoisotopic (exact) mass is 266 g/mol. The third kappa shape index (κ3) is 2.65. The van der Waals surface area contributed by atoms with Crippen molar-refractivity contribution in [2.75, 3.05) is 6.54 Å². The molecule has 1 saturated carbocycles. The molecule has 0 radical (unpaired) electrons. The average molecular weight is 266 g/mol. The Morgan fingerprint density at radius 2 is 1.95 bits per heavy atom. The van der Waals surface area contributed by atoms with Crippen molar-refractivity contribution < 1.29 is 14.4 Å². The van der Waals surface area contributed by atoms with Crippen molar-refractivity contribution in [1.29, 1.82) is 0 Å². The van der Waals surface area contributed by atoms with Crippen molar-refractivity contribution in [3.8, 4) is 0 Å². The van der Waals surface area contributed by atoms with Crippen LogP contribution < -0.4 is 5.32 Å². The largest absolute Gasteiger partial charge is 0.330 e. The highest BCUT2D eigenvalue weighted by Crippen LogP contribution is 2.31. The number of imide groups is 2. The number of barbiturate groups is 1. The molecule has 0 aromatic heterocycles. The molecule has 0 spiro atoms. The molecule has 0 bridgehead atoms. The van der Waals surface area contributed by atoms with Gasteiger partial charge < -0.3 is 0 Å². The zero-order valence-electron chi connectivity index (χ0n) is 11.9.